The van der Waals surface area contributed by atoms with Gasteiger partial charge in [0.1, 0.15) is 13.2 Å². The maximum atomic E-state index is 6.06. The largest absolute Gasteiger partial charge is 0.486 e. The molecular formula is C12H18N2O2. The fourth-order valence-corrected chi connectivity index (χ4v) is 1.94. The minimum atomic E-state index is -0.0270. The smallest absolute Gasteiger partial charge is 0.161 e. The van der Waals surface area contributed by atoms with E-state index in [-0.39, 0.29) is 6.04 Å². The second kappa shape index (κ2) is 4.72. The minimum Gasteiger partial charge on any atom is -0.486 e. The van der Waals surface area contributed by atoms with E-state index in [2.05, 4.69) is 0 Å². The van der Waals surface area contributed by atoms with E-state index in [1.807, 2.05) is 19.1 Å². The third-order valence-electron chi connectivity index (χ3n) is 2.81. The molecule has 0 radical (unpaired) electrons. The second-order valence-corrected chi connectivity index (χ2v) is 4.04. The van der Waals surface area contributed by atoms with E-state index in [1.54, 1.807) is 0 Å². The molecule has 1 aliphatic rings. The zero-order valence-electron chi connectivity index (χ0n) is 9.53. The Morgan fingerprint density at radius 2 is 1.88 bits per heavy atom. The summed E-state index contributed by atoms with van der Waals surface area (Å²) in [6.45, 7) is 3.83. The van der Waals surface area contributed by atoms with Gasteiger partial charge in [0, 0.05) is 6.04 Å². The topological polar surface area (TPSA) is 70.5 Å². The number of aryl methyl sites for hydroxylation is 1. The van der Waals surface area contributed by atoms with E-state index >= 15 is 0 Å². The molecule has 0 saturated heterocycles. The lowest BCUT2D eigenvalue weighted by Crippen LogP contribution is -2.19. The van der Waals surface area contributed by atoms with E-state index in [0.717, 1.165) is 29.0 Å². The van der Waals surface area contributed by atoms with Crippen LogP contribution in [-0.4, -0.2) is 19.8 Å². The first kappa shape index (κ1) is 11.2. The second-order valence-electron chi connectivity index (χ2n) is 4.04. The molecule has 0 saturated carbocycles. The molecular weight excluding hydrogens is 204 g/mol. The van der Waals surface area contributed by atoms with Crippen LogP contribution in [0.5, 0.6) is 11.5 Å². The molecule has 4 N–H and O–H groups in total. The molecule has 0 spiro atoms. The average molecular weight is 222 g/mol. The average Bonchev–Trinajstić information content (AvgIpc) is 2.28. The molecule has 88 valence electrons. The molecule has 1 unspecified atom stereocenters. The van der Waals surface area contributed by atoms with Crippen molar-refractivity contribution in [2.45, 2.75) is 19.4 Å². The van der Waals surface area contributed by atoms with Crippen molar-refractivity contribution in [1.82, 2.24) is 0 Å². The molecule has 0 amide bonds. The Kier molecular flexibility index (Phi) is 3.31. The van der Waals surface area contributed by atoms with Gasteiger partial charge in [-0.15, -0.1) is 0 Å². The molecule has 1 atom stereocenters. The molecule has 2 rings (SSSR count). The Balaban J connectivity index is 2.31. The monoisotopic (exact) mass is 222 g/mol. The van der Waals surface area contributed by atoms with Gasteiger partial charge in [-0.1, -0.05) is 0 Å². The summed E-state index contributed by atoms with van der Waals surface area (Å²) in [5.41, 5.74) is 13.8. The molecule has 1 aromatic rings. The van der Waals surface area contributed by atoms with Gasteiger partial charge in [-0.3, -0.25) is 0 Å². The van der Waals surface area contributed by atoms with Crippen LogP contribution in [0, 0.1) is 6.92 Å². The third-order valence-corrected chi connectivity index (χ3v) is 2.81. The molecule has 0 bridgehead atoms. The first-order valence-electron chi connectivity index (χ1n) is 5.58. The fourth-order valence-electron chi connectivity index (χ4n) is 1.94. The Bertz CT molecular complexity index is 380. The third kappa shape index (κ3) is 2.13. The highest BCUT2D eigenvalue weighted by molar-refractivity contribution is 5.48. The lowest BCUT2D eigenvalue weighted by molar-refractivity contribution is 0.171. The fraction of sp³-hybridized carbons (Fsp3) is 0.500. The number of benzene rings is 1. The summed E-state index contributed by atoms with van der Waals surface area (Å²) in [4.78, 5) is 0. The molecule has 4 heteroatoms. The van der Waals surface area contributed by atoms with Gasteiger partial charge in [0.05, 0.1) is 0 Å². The molecule has 0 aromatic heterocycles. The van der Waals surface area contributed by atoms with Gasteiger partial charge in [-0.25, -0.2) is 0 Å². The molecule has 1 aliphatic heterocycles. The number of hydrogen-bond acceptors (Lipinski definition) is 4. The number of nitrogens with two attached hydrogens (primary N) is 2. The van der Waals surface area contributed by atoms with Crippen molar-refractivity contribution < 1.29 is 9.47 Å². The summed E-state index contributed by atoms with van der Waals surface area (Å²) in [6, 6.07) is 3.94. The summed E-state index contributed by atoms with van der Waals surface area (Å²) in [5.74, 6) is 1.60. The zero-order chi connectivity index (χ0) is 11.5. The summed E-state index contributed by atoms with van der Waals surface area (Å²) < 4.78 is 11.0. The Labute approximate surface area is 95.5 Å². The molecule has 1 aromatic carbocycles. The highest BCUT2D eigenvalue weighted by Gasteiger charge is 2.16. The normalized spacial score (nSPS) is 15.9. The molecule has 1 heterocycles. The van der Waals surface area contributed by atoms with Crippen LogP contribution in [-0.2, 0) is 0 Å². The van der Waals surface area contributed by atoms with Crippen molar-refractivity contribution in [3.8, 4) is 11.5 Å². The lowest BCUT2D eigenvalue weighted by atomic mass is 9.98. The van der Waals surface area contributed by atoms with Crippen LogP contribution in [0.15, 0.2) is 12.1 Å². The highest BCUT2D eigenvalue weighted by atomic mass is 16.6. The number of rotatable bonds is 3. The minimum absolute atomic E-state index is 0.0270. The van der Waals surface area contributed by atoms with Crippen molar-refractivity contribution in [3.63, 3.8) is 0 Å². The van der Waals surface area contributed by atoms with Crippen molar-refractivity contribution in [3.05, 3.63) is 23.3 Å². The molecule has 0 fully saturated rings. The van der Waals surface area contributed by atoms with Crippen LogP contribution in [0.4, 0.5) is 0 Å². The highest BCUT2D eigenvalue weighted by Crippen LogP contribution is 2.35. The predicted molar refractivity (Wildman–Crippen MR) is 62.8 cm³/mol. The van der Waals surface area contributed by atoms with Gasteiger partial charge >= 0.3 is 0 Å². The summed E-state index contributed by atoms with van der Waals surface area (Å²) >= 11 is 0. The first-order chi connectivity index (χ1) is 7.72. The van der Waals surface area contributed by atoms with Crippen LogP contribution < -0.4 is 20.9 Å². The van der Waals surface area contributed by atoms with Gasteiger partial charge in [0.25, 0.3) is 0 Å². The van der Waals surface area contributed by atoms with Gasteiger partial charge in [0.2, 0.25) is 0 Å². The van der Waals surface area contributed by atoms with Crippen molar-refractivity contribution in [2.75, 3.05) is 19.8 Å². The van der Waals surface area contributed by atoms with E-state index in [0.29, 0.717) is 19.8 Å². The van der Waals surface area contributed by atoms with Crippen LogP contribution in [0.2, 0.25) is 0 Å². The zero-order valence-corrected chi connectivity index (χ0v) is 9.53. The van der Waals surface area contributed by atoms with Gasteiger partial charge < -0.3 is 20.9 Å². The number of hydrogen-bond donors (Lipinski definition) is 2. The maximum Gasteiger partial charge on any atom is 0.161 e. The Morgan fingerprint density at radius 1 is 1.25 bits per heavy atom. The van der Waals surface area contributed by atoms with Gasteiger partial charge in [0.15, 0.2) is 11.5 Å². The van der Waals surface area contributed by atoms with Crippen LogP contribution in [0.3, 0.4) is 0 Å². The first-order valence-corrected chi connectivity index (χ1v) is 5.58. The standard InChI is InChI=1S/C12H18N2O2/c1-8-6-11-12(16-5-4-15-11)7-9(8)10(14)2-3-13/h6-7,10H,2-5,13-14H2,1H3. The molecule has 16 heavy (non-hydrogen) atoms. The maximum absolute atomic E-state index is 6.06. The van der Waals surface area contributed by atoms with Crippen LogP contribution in [0.1, 0.15) is 23.6 Å². The van der Waals surface area contributed by atoms with E-state index in [9.17, 15) is 0 Å². The Morgan fingerprint density at radius 3 is 2.50 bits per heavy atom. The number of fused-ring (bicyclic) bond motifs is 1. The summed E-state index contributed by atoms with van der Waals surface area (Å²) in [7, 11) is 0. The lowest BCUT2D eigenvalue weighted by Gasteiger charge is -2.22. The number of ether oxygens (including phenoxy) is 2. The van der Waals surface area contributed by atoms with Gasteiger partial charge in [-0.2, -0.15) is 0 Å². The van der Waals surface area contributed by atoms with Crippen molar-refractivity contribution >= 4 is 0 Å². The van der Waals surface area contributed by atoms with Crippen LogP contribution >= 0.6 is 0 Å². The van der Waals surface area contributed by atoms with E-state index < -0.39 is 0 Å². The predicted octanol–water partition coefficient (Wildman–Crippen LogP) is 1.11. The SMILES string of the molecule is Cc1cc2c(cc1C(N)CCN)OCCO2. The summed E-state index contributed by atoms with van der Waals surface area (Å²) in [6.07, 6.45) is 0.778. The quantitative estimate of drug-likeness (QED) is 0.804. The van der Waals surface area contributed by atoms with Crippen LogP contribution in [0.25, 0.3) is 0 Å². The molecule has 4 nitrogen and oxygen atoms in total. The van der Waals surface area contributed by atoms with Crippen molar-refractivity contribution in [2.24, 2.45) is 11.5 Å². The summed E-state index contributed by atoms with van der Waals surface area (Å²) in [5, 5.41) is 0. The van der Waals surface area contributed by atoms with Crippen molar-refractivity contribution in [1.29, 1.82) is 0 Å². The van der Waals surface area contributed by atoms with Gasteiger partial charge in [-0.05, 0) is 43.1 Å². The Hall–Kier alpha value is -1.26. The molecule has 0 aliphatic carbocycles. The van der Waals surface area contributed by atoms with E-state index in [1.165, 1.54) is 0 Å². The van der Waals surface area contributed by atoms with E-state index in [4.69, 9.17) is 20.9 Å².